The molecular weight excluding hydrogens is 228 g/mol. The third-order valence-electron chi connectivity index (χ3n) is 3.18. The molecule has 1 unspecified atom stereocenters. The van der Waals surface area contributed by atoms with Crippen molar-refractivity contribution in [3.05, 3.63) is 11.4 Å². The molecular formula is C13H22N4O. The molecule has 1 aromatic heterocycles. The molecule has 1 fully saturated rings. The van der Waals surface area contributed by atoms with E-state index in [0.29, 0.717) is 5.92 Å². The fraction of sp³-hybridized carbons (Fsp3) is 0.692. The van der Waals surface area contributed by atoms with Crippen LogP contribution in [0, 0.1) is 19.8 Å². The molecule has 1 aromatic rings. The Bertz CT molecular complexity index is 402. The predicted molar refractivity (Wildman–Crippen MR) is 73.1 cm³/mol. The quantitative estimate of drug-likeness (QED) is 0.836. The Hall–Kier alpha value is -1.36. The molecule has 5 nitrogen and oxygen atoms in total. The highest BCUT2D eigenvalue weighted by atomic mass is 16.5. The number of hydrogen-bond acceptors (Lipinski definition) is 5. The van der Waals surface area contributed by atoms with Crippen molar-refractivity contribution in [2.24, 2.45) is 5.92 Å². The molecule has 0 radical (unpaired) electrons. The zero-order chi connectivity index (χ0) is 13.0. The van der Waals surface area contributed by atoms with Gasteiger partial charge < -0.3 is 15.4 Å². The highest BCUT2D eigenvalue weighted by molar-refractivity contribution is 5.57. The minimum Gasteiger partial charge on any atom is -0.381 e. The molecule has 2 rings (SSSR count). The molecule has 0 bridgehead atoms. The molecule has 0 aromatic carbocycles. The maximum Gasteiger partial charge on any atom is 0.134 e. The van der Waals surface area contributed by atoms with Gasteiger partial charge in [-0.25, -0.2) is 9.97 Å². The third kappa shape index (κ3) is 3.10. The smallest absolute Gasteiger partial charge is 0.134 e. The highest BCUT2D eigenvalue weighted by Crippen LogP contribution is 2.21. The van der Waals surface area contributed by atoms with Crippen molar-refractivity contribution in [2.75, 3.05) is 36.9 Å². The molecule has 0 saturated carbocycles. The number of aromatic nitrogens is 2. The molecule has 1 aliphatic heterocycles. The molecule has 100 valence electrons. The van der Waals surface area contributed by atoms with Gasteiger partial charge in [-0.3, -0.25) is 0 Å². The number of nitrogens with zero attached hydrogens (tertiary/aromatic N) is 2. The molecule has 1 atom stereocenters. The lowest BCUT2D eigenvalue weighted by atomic mass is 10.1. The lowest BCUT2D eigenvalue weighted by Crippen LogP contribution is -2.17. The minimum atomic E-state index is 0.599. The van der Waals surface area contributed by atoms with Gasteiger partial charge in [0.05, 0.1) is 6.61 Å². The van der Waals surface area contributed by atoms with Crippen LogP contribution < -0.4 is 10.6 Å². The number of aryl methyl sites for hydroxylation is 1. The molecule has 18 heavy (non-hydrogen) atoms. The largest absolute Gasteiger partial charge is 0.381 e. The van der Waals surface area contributed by atoms with Crippen molar-refractivity contribution < 1.29 is 4.74 Å². The number of hydrogen-bond donors (Lipinski definition) is 2. The summed E-state index contributed by atoms with van der Waals surface area (Å²) in [4.78, 5) is 8.89. The van der Waals surface area contributed by atoms with E-state index in [4.69, 9.17) is 4.74 Å². The number of anilines is 2. The van der Waals surface area contributed by atoms with Crippen molar-refractivity contribution in [1.82, 2.24) is 9.97 Å². The highest BCUT2D eigenvalue weighted by Gasteiger charge is 2.16. The fourth-order valence-corrected chi connectivity index (χ4v) is 2.13. The summed E-state index contributed by atoms with van der Waals surface area (Å²) in [5, 5.41) is 6.69. The fourth-order valence-electron chi connectivity index (χ4n) is 2.13. The van der Waals surface area contributed by atoms with Crippen molar-refractivity contribution in [1.29, 1.82) is 0 Å². The monoisotopic (exact) mass is 250 g/mol. The zero-order valence-corrected chi connectivity index (χ0v) is 11.4. The summed E-state index contributed by atoms with van der Waals surface area (Å²) in [6.07, 6.45) is 1.14. The van der Waals surface area contributed by atoms with Crippen molar-refractivity contribution >= 4 is 11.6 Å². The maximum absolute atomic E-state index is 5.38. The SMILES string of the molecule is CCNc1nc(C)nc(NCC2CCOC2)c1C. The van der Waals surface area contributed by atoms with Gasteiger partial charge in [0.1, 0.15) is 17.5 Å². The Kier molecular flexibility index (Phi) is 4.36. The van der Waals surface area contributed by atoms with E-state index in [2.05, 4.69) is 27.5 Å². The first-order valence-corrected chi connectivity index (χ1v) is 6.61. The van der Waals surface area contributed by atoms with Gasteiger partial charge in [0, 0.05) is 31.2 Å². The second kappa shape index (κ2) is 6.00. The Morgan fingerprint density at radius 1 is 1.22 bits per heavy atom. The first-order chi connectivity index (χ1) is 8.70. The molecule has 1 saturated heterocycles. The Morgan fingerprint density at radius 3 is 2.56 bits per heavy atom. The molecule has 0 aliphatic carbocycles. The number of nitrogens with one attached hydrogen (secondary N) is 2. The third-order valence-corrected chi connectivity index (χ3v) is 3.18. The lowest BCUT2D eigenvalue weighted by Gasteiger charge is -2.15. The van der Waals surface area contributed by atoms with Gasteiger partial charge in [-0.05, 0) is 27.2 Å². The van der Waals surface area contributed by atoms with Gasteiger partial charge in [-0.1, -0.05) is 0 Å². The van der Waals surface area contributed by atoms with Gasteiger partial charge in [-0.15, -0.1) is 0 Å². The lowest BCUT2D eigenvalue weighted by molar-refractivity contribution is 0.187. The molecule has 1 aliphatic rings. The number of ether oxygens (including phenoxy) is 1. The normalized spacial score (nSPS) is 18.9. The molecule has 2 heterocycles. The Balaban J connectivity index is 2.06. The predicted octanol–water partition coefficient (Wildman–Crippen LogP) is 1.97. The van der Waals surface area contributed by atoms with Gasteiger partial charge in [-0.2, -0.15) is 0 Å². The van der Waals surface area contributed by atoms with Crippen LogP contribution in [0.2, 0.25) is 0 Å². The summed E-state index contributed by atoms with van der Waals surface area (Å²) in [5.41, 5.74) is 1.08. The van der Waals surface area contributed by atoms with Crippen LogP contribution in [0.1, 0.15) is 24.7 Å². The molecule has 0 amide bonds. The summed E-state index contributed by atoms with van der Waals surface area (Å²) < 4.78 is 5.38. The Labute approximate surface area is 108 Å². The van der Waals surface area contributed by atoms with Crippen LogP contribution in [-0.4, -0.2) is 36.3 Å². The maximum atomic E-state index is 5.38. The van der Waals surface area contributed by atoms with Crippen LogP contribution in [0.5, 0.6) is 0 Å². The average Bonchev–Trinajstić information content (AvgIpc) is 2.85. The second-order valence-corrected chi connectivity index (χ2v) is 4.73. The summed E-state index contributed by atoms with van der Waals surface area (Å²) in [6.45, 7) is 9.57. The minimum absolute atomic E-state index is 0.599. The van der Waals surface area contributed by atoms with E-state index in [1.807, 2.05) is 13.8 Å². The van der Waals surface area contributed by atoms with Crippen LogP contribution in [0.3, 0.4) is 0 Å². The van der Waals surface area contributed by atoms with Crippen molar-refractivity contribution in [2.45, 2.75) is 27.2 Å². The molecule has 5 heteroatoms. The van der Waals surface area contributed by atoms with E-state index in [-0.39, 0.29) is 0 Å². The van der Waals surface area contributed by atoms with E-state index >= 15 is 0 Å². The summed E-state index contributed by atoms with van der Waals surface area (Å²) >= 11 is 0. The first kappa shape index (κ1) is 13.1. The van der Waals surface area contributed by atoms with Gasteiger partial charge in [0.2, 0.25) is 0 Å². The van der Waals surface area contributed by atoms with Gasteiger partial charge in [0.15, 0.2) is 0 Å². The van der Waals surface area contributed by atoms with Crippen LogP contribution >= 0.6 is 0 Å². The van der Waals surface area contributed by atoms with Crippen LogP contribution in [0.15, 0.2) is 0 Å². The van der Waals surface area contributed by atoms with E-state index in [9.17, 15) is 0 Å². The molecule has 0 spiro atoms. The van der Waals surface area contributed by atoms with E-state index in [0.717, 1.165) is 55.7 Å². The molecule has 2 N–H and O–H groups in total. The first-order valence-electron chi connectivity index (χ1n) is 6.61. The standard InChI is InChI=1S/C13H22N4O/c1-4-14-12-9(2)13(17-10(3)16-12)15-7-11-5-6-18-8-11/h11H,4-8H2,1-3H3,(H2,14,15,16,17). The average molecular weight is 250 g/mol. The van der Waals surface area contributed by atoms with Gasteiger partial charge in [0.25, 0.3) is 0 Å². The van der Waals surface area contributed by atoms with Crippen LogP contribution in [0.25, 0.3) is 0 Å². The van der Waals surface area contributed by atoms with Crippen molar-refractivity contribution in [3.63, 3.8) is 0 Å². The topological polar surface area (TPSA) is 59.1 Å². The summed E-state index contributed by atoms with van der Waals surface area (Å²) in [6, 6.07) is 0. The van der Waals surface area contributed by atoms with Gasteiger partial charge >= 0.3 is 0 Å². The van der Waals surface area contributed by atoms with Crippen LogP contribution in [0.4, 0.5) is 11.6 Å². The van der Waals surface area contributed by atoms with E-state index in [1.165, 1.54) is 0 Å². The van der Waals surface area contributed by atoms with Crippen molar-refractivity contribution in [3.8, 4) is 0 Å². The number of rotatable bonds is 5. The zero-order valence-electron chi connectivity index (χ0n) is 11.4. The summed E-state index contributed by atoms with van der Waals surface area (Å²) in [5.74, 6) is 3.25. The summed E-state index contributed by atoms with van der Waals surface area (Å²) in [7, 11) is 0. The second-order valence-electron chi connectivity index (χ2n) is 4.73. The Morgan fingerprint density at radius 2 is 1.94 bits per heavy atom. The van der Waals surface area contributed by atoms with E-state index < -0.39 is 0 Å². The van der Waals surface area contributed by atoms with Crippen LogP contribution in [-0.2, 0) is 4.74 Å². The van der Waals surface area contributed by atoms with E-state index in [1.54, 1.807) is 0 Å².